The minimum absolute atomic E-state index is 0.0805. The number of hydrogen-bond donors (Lipinski definition) is 4. The molecule has 4 N–H and O–H groups in total. The molecule has 0 spiro atoms. The Bertz CT molecular complexity index is 2060. The van der Waals surface area contributed by atoms with Crippen LogP contribution in [0.5, 0.6) is 0 Å². The number of aryl methyl sites for hydroxylation is 1. The van der Waals surface area contributed by atoms with Crippen LogP contribution in [-0.2, 0) is 13.6 Å². The molecule has 5 aromatic rings. The first-order valence-corrected chi connectivity index (χ1v) is 14.5. The molecular formula is C33H31F2N11. The lowest BCUT2D eigenvalue weighted by Gasteiger charge is -2.24. The number of anilines is 2. The lowest BCUT2D eigenvalue weighted by molar-refractivity contribution is 0.255. The molecule has 0 radical (unpaired) electrons. The largest absolute Gasteiger partial charge is 0.383 e. The molecule has 1 atom stereocenters. The van der Waals surface area contributed by atoms with Gasteiger partial charge in [0.25, 0.3) is 0 Å². The molecule has 46 heavy (non-hydrogen) atoms. The summed E-state index contributed by atoms with van der Waals surface area (Å²) < 4.78 is 30.6. The second kappa shape index (κ2) is 12.0. The maximum atomic E-state index is 14.5. The number of aromatic nitrogens is 4. The molecule has 0 fully saturated rings. The SMILES string of the molecule is Cn1ncc2c([C@H](Nc3cc(C#N)c4ncc(C#N)c(NCC(C)(C)C)c4c3)C3=CN(Cc4c(F)cccc4F)NN3)ccnc21. The number of nitrogens with one attached hydrogen (secondary N) is 4. The van der Waals surface area contributed by atoms with Gasteiger partial charge >= 0.3 is 0 Å². The fourth-order valence-electron chi connectivity index (χ4n) is 5.36. The van der Waals surface area contributed by atoms with Crippen molar-refractivity contribution >= 4 is 33.3 Å². The summed E-state index contributed by atoms with van der Waals surface area (Å²) in [6.07, 6.45) is 6.61. The van der Waals surface area contributed by atoms with E-state index in [0.717, 1.165) is 10.9 Å². The molecule has 0 bridgehead atoms. The van der Waals surface area contributed by atoms with Crippen molar-refractivity contribution in [2.75, 3.05) is 17.2 Å². The highest BCUT2D eigenvalue weighted by atomic mass is 19.1. The van der Waals surface area contributed by atoms with Crippen LogP contribution in [0.15, 0.2) is 66.9 Å². The molecule has 13 heteroatoms. The van der Waals surface area contributed by atoms with Gasteiger partial charge in [-0.1, -0.05) is 26.8 Å². The molecule has 0 amide bonds. The topological polar surface area (TPSA) is 143 Å². The van der Waals surface area contributed by atoms with Crippen molar-refractivity contribution in [1.29, 1.82) is 10.5 Å². The lowest BCUT2D eigenvalue weighted by Crippen LogP contribution is -2.37. The number of hydrogen-bond acceptors (Lipinski definition) is 10. The molecule has 11 nitrogen and oxygen atoms in total. The van der Waals surface area contributed by atoms with Crippen molar-refractivity contribution in [2.24, 2.45) is 12.5 Å². The number of rotatable bonds is 8. The van der Waals surface area contributed by atoms with Gasteiger partial charge in [0.2, 0.25) is 0 Å². The van der Waals surface area contributed by atoms with Crippen molar-refractivity contribution in [3.8, 4) is 12.1 Å². The van der Waals surface area contributed by atoms with Crippen LogP contribution < -0.4 is 21.6 Å². The van der Waals surface area contributed by atoms with Gasteiger partial charge in [-0.2, -0.15) is 15.6 Å². The molecule has 2 aromatic carbocycles. The van der Waals surface area contributed by atoms with E-state index in [2.05, 4.69) is 69.6 Å². The smallest absolute Gasteiger partial charge is 0.157 e. The Labute approximate surface area is 264 Å². The summed E-state index contributed by atoms with van der Waals surface area (Å²) in [6, 6.07) is 13.1. The number of hydrazine groups is 2. The number of benzene rings is 2. The van der Waals surface area contributed by atoms with Gasteiger partial charge in [0.1, 0.15) is 23.8 Å². The Hall–Kier alpha value is -5.79. The summed E-state index contributed by atoms with van der Waals surface area (Å²) in [4.78, 5) is 8.94. The molecule has 0 saturated carbocycles. The third-order valence-corrected chi connectivity index (χ3v) is 7.64. The number of fused-ring (bicyclic) bond motifs is 2. The third-order valence-electron chi connectivity index (χ3n) is 7.64. The molecule has 0 aliphatic carbocycles. The van der Waals surface area contributed by atoms with E-state index in [4.69, 9.17) is 0 Å². The predicted octanol–water partition coefficient (Wildman–Crippen LogP) is 5.52. The van der Waals surface area contributed by atoms with Crippen LogP contribution in [0.4, 0.5) is 20.2 Å². The molecule has 3 aromatic heterocycles. The van der Waals surface area contributed by atoms with Crippen LogP contribution in [0.1, 0.15) is 49.1 Å². The number of nitriles is 2. The van der Waals surface area contributed by atoms with Crippen LogP contribution in [0, 0.1) is 39.7 Å². The van der Waals surface area contributed by atoms with Crippen LogP contribution >= 0.6 is 0 Å². The first-order valence-electron chi connectivity index (χ1n) is 14.5. The minimum Gasteiger partial charge on any atom is -0.383 e. The number of nitrogens with zero attached hydrogens (tertiary/aromatic N) is 7. The maximum Gasteiger partial charge on any atom is 0.157 e. The Morgan fingerprint density at radius 1 is 1.00 bits per heavy atom. The first-order chi connectivity index (χ1) is 22.1. The summed E-state index contributed by atoms with van der Waals surface area (Å²) in [6.45, 7) is 6.76. The van der Waals surface area contributed by atoms with Gasteiger partial charge in [0.15, 0.2) is 5.65 Å². The van der Waals surface area contributed by atoms with Crippen molar-refractivity contribution < 1.29 is 8.78 Å². The van der Waals surface area contributed by atoms with E-state index >= 15 is 0 Å². The zero-order valence-corrected chi connectivity index (χ0v) is 25.7. The van der Waals surface area contributed by atoms with Crippen LogP contribution in [0.3, 0.4) is 0 Å². The molecule has 6 rings (SSSR count). The molecule has 1 aliphatic heterocycles. The van der Waals surface area contributed by atoms with Gasteiger partial charge in [-0.05, 0) is 41.3 Å². The molecule has 0 saturated heterocycles. The Morgan fingerprint density at radius 2 is 1.76 bits per heavy atom. The van der Waals surface area contributed by atoms with E-state index < -0.39 is 17.7 Å². The highest BCUT2D eigenvalue weighted by Crippen LogP contribution is 2.36. The first kappa shape index (κ1) is 30.2. The standard InChI is InChI=1S/C33H31F2N11/c1-33(2,3)18-40-30-20(13-37)14-39-29-19(12-36)10-21(11-23(29)30)42-31(22-8-9-38-32-24(22)15-41-45(32)4)28-17-46(44-43-28)16-25-26(34)6-5-7-27(25)35/h5-11,14-15,17,31,42-44H,16,18H2,1-4H3,(H,39,40)/t31-/m0/s1. The third kappa shape index (κ3) is 5.84. The summed E-state index contributed by atoms with van der Waals surface area (Å²) in [7, 11) is 1.80. The summed E-state index contributed by atoms with van der Waals surface area (Å²) >= 11 is 0. The molecule has 1 aliphatic rings. The average molecular weight is 620 g/mol. The highest BCUT2D eigenvalue weighted by molar-refractivity contribution is 5.99. The summed E-state index contributed by atoms with van der Waals surface area (Å²) in [5, 5.41) is 34.3. The van der Waals surface area contributed by atoms with Crippen LogP contribution in [-0.4, -0.2) is 31.3 Å². The zero-order valence-electron chi connectivity index (χ0n) is 25.7. The highest BCUT2D eigenvalue weighted by Gasteiger charge is 2.27. The van der Waals surface area contributed by atoms with E-state index in [9.17, 15) is 19.3 Å². The van der Waals surface area contributed by atoms with Gasteiger partial charge in [0.05, 0.1) is 46.8 Å². The maximum absolute atomic E-state index is 14.5. The fourth-order valence-corrected chi connectivity index (χ4v) is 5.36. The van der Waals surface area contributed by atoms with Gasteiger partial charge < -0.3 is 16.1 Å². The molecule has 4 heterocycles. The van der Waals surface area contributed by atoms with Crippen molar-refractivity contribution in [3.63, 3.8) is 0 Å². The minimum atomic E-state index is -0.647. The van der Waals surface area contributed by atoms with E-state index in [0.29, 0.717) is 51.3 Å². The van der Waals surface area contributed by atoms with Gasteiger partial charge in [-0.15, -0.1) is 5.53 Å². The molecular weight excluding hydrogens is 588 g/mol. The normalized spacial score (nSPS) is 13.7. The van der Waals surface area contributed by atoms with Gasteiger partial charge in [-0.3, -0.25) is 14.7 Å². The summed E-state index contributed by atoms with van der Waals surface area (Å²) in [5.74, 6) is -1.29. The second-order valence-electron chi connectivity index (χ2n) is 12.2. The Morgan fingerprint density at radius 3 is 2.48 bits per heavy atom. The summed E-state index contributed by atoms with van der Waals surface area (Å²) in [5.41, 5.74) is 10.4. The Balaban J connectivity index is 1.46. The van der Waals surface area contributed by atoms with E-state index in [1.165, 1.54) is 24.4 Å². The zero-order chi connectivity index (χ0) is 32.6. The van der Waals surface area contributed by atoms with E-state index in [-0.39, 0.29) is 17.5 Å². The van der Waals surface area contributed by atoms with Gasteiger partial charge in [0, 0.05) is 54.2 Å². The van der Waals surface area contributed by atoms with Crippen molar-refractivity contribution in [3.05, 3.63) is 101 Å². The van der Waals surface area contributed by atoms with Crippen molar-refractivity contribution in [2.45, 2.75) is 33.4 Å². The second-order valence-corrected chi connectivity index (χ2v) is 12.2. The van der Waals surface area contributed by atoms with Crippen LogP contribution in [0.2, 0.25) is 0 Å². The molecule has 0 unspecified atom stereocenters. The average Bonchev–Trinajstić information content (AvgIpc) is 3.66. The molecule has 232 valence electrons. The number of pyridine rings is 2. The van der Waals surface area contributed by atoms with Crippen molar-refractivity contribution in [1.82, 2.24) is 35.7 Å². The monoisotopic (exact) mass is 619 g/mol. The van der Waals surface area contributed by atoms with E-state index in [1.807, 2.05) is 12.1 Å². The van der Waals surface area contributed by atoms with Crippen LogP contribution in [0.25, 0.3) is 21.9 Å². The quantitative estimate of drug-likeness (QED) is 0.175. The lowest BCUT2D eigenvalue weighted by atomic mass is 9.96. The van der Waals surface area contributed by atoms with Gasteiger partial charge in [-0.25, -0.2) is 13.8 Å². The number of halogens is 2. The fraction of sp³-hybridized carbons (Fsp3) is 0.242. The van der Waals surface area contributed by atoms with E-state index in [1.54, 1.807) is 41.4 Å². The Kier molecular flexibility index (Phi) is 7.86. The predicted molar refractivity (Wildman–Crippen MR) is 170 cm³/mol.